The molecule has 0 aliphatic heterocycles. The standard InChI is InChI=1S/C18H23N7O2/c1-2-27-10-11(19)8-22-18-23-9-13(16(20)26)17(25-18)24-15-5-3-4-14-12(15)6-7-21-14/h3-7,9,11,21H,2,8,10,19H2,1H3,(H2,20,26)(H2,22,23,24,25). The van der Waals surface area contributed by atoms with E-state index in [2.05, 4.69) is 25.6 Å². The van der Waals surface area contributed by atoms with Gasteiger partial charge in [0.25, 0.3) is 5.91 Å². The molecule has 0 saturated heterocycles. The Morgan fingerprint density at radius 2 is 2.22 bits per heavy atom. The summed E-state index contributed by atoms with van der Waals surface area (Å²) in [5, 5.41) is 7.20. The Balaban J connectivity index is 1.82. The lowest BCUT2D eigenvalue weighted by atomic mass is 10.2. The van der Waals surface area contributed by atoms with Gasteiger partial charge in [-0.15, -0.1) is 0 Å². The second-order valence-electron chi connectivity index (χ2n) is 5.99. The van der Waals surface area contributed by atoms with Gasteiger partial charge < -0.3 is 31.8 Å². The normalized spacial score (nSPS) is 12.1. The maximum Gasteiger partial charge on any atom is 0.254 e. The van der Waals surface area contributed by atoms with Crippen LogP contribution in [0.4, 0.5) is 17.5 Å². The van der Waals surface area contributed by atoms with Gasteiger partial charge in [-0.3, -0.25) is 4.79 Å². The highest BCUT2D eigenvalue weighted by molar-refractivity contribution is 6.00. The maximum atomic E-state index is 11.8. The molecular weight excluding hydrogens is 346 g/mol. The molecule has 7 N–H and O–H groups in total. The van der Waals surface area contributed by atoms with Crippen molar-refractivity contribution in [1.82, 2.24) is 15.0 Å². The van der Waals surface area contributed by atoms with Crippen LogP contribution in [-0.4, -0.2) is 46.7 Å². The molecule has 2 heterocycles. The highest BCUT2D eigenvalue weighted by atomic mass is 16.5. The Hall–Kier alpha value is -3.17. The fraction of sp³-hybridized carbons (Fsp3) is 0.278. The summed E-state index contributed by atoms with van der Waals surface area (Å²) >= 11 is 0. The number of aromatic nitrogens is 3. The van der Waals surface area contributed by atoms with Crippen molar-refractivity contribution in [2.45, 2.75) is 13.0 Å². The summed E-state index contributed by atoms with van der Waals surface area (Å²) in [7, 11) is 0. The number of hydrogen-bond donors (Lipinski definition) is 5. The van der Waals surface area contributed by atoms with Gasteiger partial charge in [-0.05, 0) is 25.1 Å². The first-order valence-electron chi connectivity index (χ1n) is 8.65. The van der Waals surface area contributed by atoms with E-state index in [1.165, 1.54) is 6.20 Å². The second kappa shape index (κ2) is 8.47. The second-order valence-corrected chi connectivity index (χ2v) is 5.99. The molecule has 1 amide bonds. The predicted octanol–water partition coefficient (Wildman–Crippen LogP) is 1.58. The van der Waals surface area contributed by atoms with E-state index in [1.807, 2.05) is 37.4 Å². The van der Waals surface area contributed by atoms with Crippen LogP contribution in [0.1, 0.15) is 17.3 Å². The van der Waals surface area contributed by atoms with E-state index in [0.29, 0.717) is 31.5 Å². The number of nitrogens with zero attached hydrogens (tertiary/aromatic N) is 2. The number of benzene rings is 1. The van der Waals surface area contributed by atoms with E-state index < -0.39 is 5.91 Å². The van der Waals surface area contributed by atoms with Gasteiger partial charge in [-0.25, -0.2) is 4.98 Å². The number of nitrogens with two attached hydrogens (primary N) is 2. The van der Waals surface area contributed by atoms with E-state index >= 15 is 0 Å². The van der Waals surface area contributed by atoms with E-state index in [0.717, 1.165) is 16.6 Å². The number of fused-ring (bicyclic) bond motifs is 1. The first-order valence-corrected chi connectivity index (χ1v) is 8.65. The molecule has 1 unspecified atom stereocenters. The number of carbonyl (C=O) groups is 1. The zero-order valence-corrected chi connectivity index (χ0v) is 15.0. The van der Waals surface area contributed by atoms with Crippen LogP contribution >= 0.6 is 0 Å². The van der Waals surface area contributed by atoms with Crippen molar-refractivity contribution in [2.24, 2.45) is 11.5 Å². The van der Waals surface area contributed by atoms with E-state index in [-0.39, 0.29) is 11.6 Å². The first-order chi connectivity index (χ1) is 13.1. The van der Waals surface area contributed by atoms with E-state index in [4.69, 9.17) is 16.2 Å². The summed E-state index contributed by atoms with van der Waals surface area (Å²) in [4.78, 5) is 23.4. The molecule has 2 aromatic heterocycles. The molecule has 0 aliphatic carbocycles. The summed E-state index contributed by atoms with van der Waals surface area (Å²) in [5.74, 6) is 0.0566. The SMILES string of the molecule is CCOCC(N)CNc1ncc(C(N)=O)c(Nc2cccc3[nH]ccc23)n1. The number of anilines is 3. The zero-order chi connectivity index (χ0) is 19.2. The van der Waals surface area contributed by atoms with Crippen molar-refractivity contribution >= 4 is 34.3 Å². The molecule has 9 heteroatoms. The molecule has 0 bridgehead atoms. The van der Waals surface area contributed by atoms with Crippen LogP contribution in [0.15, 0.2) is 36.7 Å². The van der Waals surface area contributed by atoms with Crippen LogP contribution in [0.3, 0.4) is 0 Å². The Morgan fingerprint density at radius 3 is 3.00 bits per heavy atom. The van der Waals surface area contributed by atoms with Crippen molar-refractivity contribution in [3.8, 4) is 0 Å². The van der Waals surface area contributed by atoms with Crippen molar-refractivity contribution < 1.29 is 9.53 Å². The third-order valence-electron chi connectivity index (χ3n) is 3.96. The minimum atomic E-state index is -0.613. The van der Waals surface area contributed by atoms with Crippen LogP contribution < -0.4 is 22.1 Å². The molecule has 0 aliphatic rings. The topological polar surface area (TPSA) is 144 Å². The third-order valence-corrected chi connectivity index (χ3v) is 3.96. The summed E-state index contributed by atoms with van der Waals surface area (Å²) < 4.78 is 5.29. The van der Waals surface area contributed by atoms with Crippen LogP contribution in [0.25, 0.3) is 10.9 Å². The van der Waals surface area contributed by atoms with Crippen molar-refractivity contribution in [3.63, 3.8) is 0 Å². The third kappa shape index (κ3) is 4.52. The van der Waals surface area contributed by atoms with Gasteiger partial charge in [0.1, 0.15) is 11.4 Å². The van der Waals surface area contributed by atoms with Crippen LogP contribution in [0.5, 0.6) is 0 Å². The van der Waals surface area contributed by atoms with Crippen LogP contribution in [-0.2, 0) is 4.74 Å². The number of amides is 1. The molecule has 0 spiro atoms. The summed E-state index contributed by atoms with van der Waals surface area (Å²) in [6, 6.07) is 7.50. The quantitative estimate of drug-likeness (QED) is 0.385. The molecular formula is C18H23N7O2. The zero-order valence-electron chi connectivity index (χ0n) is 15.0. The van der Waals surface area contributed by atoms with Gasteiger partial charge in [-0.2, -0.15) is 4.98 Å². The molecule has 27 heavy (non-hydrogen) atoms. The molecule has 0 saturated carbocycles. The summed E-state index contributed by atoms with van der Waals surface area (Å²) in [5.41, 5.74) is 13.4. The number of ether oxygens (including phenoxy) is 1. The molecule has 0 fully saturated rings. The Morgan fingerprint density at radius 1 is 1.37 bits per heavy atom. The smallest absolute Gasteiger partial charge is 0.254 e. The Labute approximate surface area is 156 Å². The number of carbonyl (C=O) groups excluding carboxylic acids is 1. The monoisotopic (exact) mass is 369 g/mol. The van der Waals surface area contributed by atoms with Gasteiger partial charge in [0, 0.05) is 48.2 Å². The first kappa shape index (κ1) is 18.6. The molecule has 1 aromatic carbocycles. The van der Waals surface area contributed by atoms with Gasteiger partial charge in [0.15, 0.2) is 0 Å². The van der Waals surface area contributed by atoms with Gasteiger partial charge >= 0.3 is 0 Å². The number of aromatic amines is 1. The van der Waals surface area contributed by atoms with Crippen LogP contribution in [0.2, 0.25) is 0 Å². The molecule has 9 nitrogen and oxygen atoms in total. The average molecular weight is 369 g/mol. The number of primary amides is 1. The molecule has 142 valence electrons. The Bertz CT molecular complexity index is 925. The number of hydrogen-bond acceptors (Lipinski definition) is 7. The summed E-state index contributed by atoms with van der Waals surface area (Å²) in [6.07, 6.45) is 3.24. The van der Waals surface area contributed by atoms with Crippen LogP contribution in [0, 0.1) is 0 Å². The highest BCUT2D eigenvalue weighted by Gasteiger charge is 2.14. The van der Waals surface area contributed by atoms with Gasteiger partial charge in [-0.1, -0.05) is 6.07 Å². The van der Waals surface area contributed by atoms with Gasteiger partial charge in [0.05, 0.1) is 6.61 Å². The molecule has 0 radical (unpaired) electrons. The lowest BCUT2D eigenvalue weighted by Crippen LogP contribution is -2.34. The lowest BCUT2D eigenvalue weighted by Gasteiger charge is -2.14. The fourth-order valence-electron chi connectivity index (χ4n) is 2.62. The molecule has 1 atom stereocenters. The van der Waals surface area contributed by atoms with Crippen molar-refractivity contribution in [2.75, 3.05) is 30.4 Å². The number of nitrogens with one attached hydrogen (secondary N) is 3. The fourth-order valence-corrected chi connectivity index (χ4v) is 2.62. The molecule has 3 aromatic rings. The van der Waals surface area contributed by atoms with Gasteiger partial charge in [0.2, 0.25) is 5.95 Å². The van der Waals surface area contributed by atoms with Crippen molar-refractivity contribution in [1.29, 1.82) is 0 Å². The van der Waals surface area contributed by atoms with E-state index in [1.54, 1.807) is 0 Å². The summed E-state index contributed by atoms with van der Waals surface area (Å²) in [6.45, 7) is 3.39. The highest BCUT2D eigenvalue weighted by Crippen LogP contribution is 2.26. The predicted molar refractivity (Wildman–Crippen MR) is 105 cm³/mol. The number of rotatable bonds is 9. The lowest BCUT2D eigenvalue weighted by molar-refractivity contribution is 0.100. The number of H-pyrrole nitrogens is 1. The van der Waals surface area contributed by atoms with E-state index in [9.17, 15) is 4.79 Å². The molecule has 3 rings (SSSR count). The van der Waals surface area contributed by atoms with Crippen molar-refractivity contribution in [3.05, 3.63) is 42.2 Å². The largest absolute Gasteiger partial charge is 0.380 e. The average Bonchev–Trinajstić information content (AvgIpc) is 3.14. The minimum absolute atomic E-state index is 0.200. The Kier molecular flexibility index (Phi) is 5.84. The minimum Gasteiger partial charge on any atom is -0.380 e. The maximum absolute atomic E-state index is 11.8.